The fourth-order valence-corrected chi connectivity index (χ4v) is 2.66. The van der Waals surface area contributed by atoms with Crippen molar-refractivity contribution < 1.29 is 13.9 Å². The molecule has 0 unspecified atom stereocenters. The molecular weight excluding hydrogens is 343 g/mol. The summed E-state index contributed by atoms with van der Waals surface area (Å²) in [6.07, 6.45) is 0.346. The molecule has 2 aromatic carbocycles. The summed E-state index contributed by atoms with van der Waals surface area (Å²) < 4.78 is 18.7. The third kappa shape index (κ3) is 6.03. The number of methoxy groups -OCH3 is 1. The Balaban J connectivity index is 1.87. The van der Waals surface area contributed by atoms with E-state index in [2.05, 4.69) is 10.2 Å². The molecule has 6 heteroatoms. The van der Waals surface area contributed by atoms with Crippen LogP contribution in [0.25, 0.3) is 0 Å². The first-order chi connectivity index (χ1) is 12.0. The third-order valence-corrected chi connectivity index (χ3v) is 4.07. The van der Waals surface area contributed by atoms with Crippen LogP contribution in [0, 0.1) is 5.82 Å². The highest BCUT2D eigenvalue weighted by atomic mass is 35.5. The minimum atomic E-state index is -0.380. The summed E-state index contributed by atoms with van der Waals surface area (Å²) in [5.41, 5.74) is 1.52. The lowest BCUT2D eigenvalue weighted by atomic mass is 10.2. The summed E-state index contributed by atoms with van der Waals surface area (Å²) in [7, 11) is 1.44. The molecule has 2 rings (SSSR count). The van der Waals surface area contributed by atoms with Crippen LogP contribution in [0.4, 0.5) is 10.1 Å². The zero-order valence-corrected chi connectivity index (χ0v) is 15.1. The lowest BCUT2D eigenvalue weighted by molar-refractivity contribution is -0.116. The van der Waals surface area contributed by atoms with E-state index in [1.165, 1.54) is 13.2 Å². The Morgan fingerprint density at radius 3 is 2.72 bits per heavy atom. The molecule has 0 aliphatic heterocycles. The van der Waals surface area contributed by atoms with Gasteiger partial charge in [0.2, 0.25) is 5.91 Å². The van der Waals surface area contributed by atoms with Crippen molar-refractivity contribution in [2.75, 3.05) is 25.5 Å². The molecule has 0 heterocycles. The molecule has 0 radical (unpaired) electrons. The Labute approximate surface area is 152 Å². The molecule has 0 atom stereocenters. The predicted molar refractivity (Wildman–Crippen MR) is 98.6 cm³/mol. The largest absolute Gasteiger partial charge is 0.494 e. The molecule has 1 amide bonds. The smallest absolute Gasteiger partial charge is 0.225 e. The van der Waals surface area contributed by atoms with Gasteiger partial charge in [0.15, 0.2) is 11.6 Å². The van der Waals surface area contributed by atoms with Gasteiger partial charge in [-0.2, -0.15) is 0 Å². The number of hydrogen-bond acceptors (Lipinski definition) is 3. The van der Waals surface area contributed by atoms with E-state index in [9.17, 15) is 9.18 Å². The first-order valence-electron chi connectivity index (χ1n) is 8.12. The Morgan fingerprint density at radius 2 is 2.08 bits per heavy atom. The van der Waals surface area contributed by atoms with Gasteiger partial charge in [-0.15, -0.1) is 0 Å². The molecule has 0 fully saturated rings. The maximum absolute atomic E-state index is 13.8. The highest BCUT2D eigenvalue weighted by Gasteiger charge is 2.10. The summed E-state index contributed by atoms with van der Waals surface area (Å²) in [6.45, 7) is 3.92. The van der Waals surface area contributed by atoms with E-state index in [0.29, 0.717) is 30.2 Å². The van der Waals surface area contributed by atoms with Crippen LogP contribution in [0.2, 0.25) is 5.02 Å². The van der Waals surface area contributed by atoms with E-state index in [0.717, 1.165) is 12.1 Å². The van der Waals surface area contributed by atoms with Crippen LogP contribution in [0.5, 0.6) is 5.75 Å². The predicted octanol–water partition coefficient (Wildman–Crippen LogP) is 4.34. The molecule has 0 saturated heterocycles. The van der Waals surface area contributed by atoms with Gasteiger partial charge in [-0.25, -0.2) is 4.39 Å². The van der Waals surface area contributed by atoms with Crippen LogP contribution in [0.1, 0.15) is 18.9 Å². The van der Waals surface area contributed by atoms with Crippen molar-refractivity contribution >= 4 is 23.2 Å². The Morgan fingerprint density at radius 1 is 1.28 bits per heavy atom. The zero-order chi connectivity index (χ0) is 18.2. The summed E-state index contributed by atoms with van der Waals surface area (Å²) in [5, 5.41) is 3.40. The van der Waals surface area contributed by atoms with E-state index in [1.54, 1.807) is 30.3 Å². The fourth-order valence-electron chi connectivity index (χ4n) is 2.46. The first kappa shape index (κ1) is 19.2. The number of nitrogens with one attached hydrogen (secondary N) is 1. The average molecular weight is 365 g/mol. The fraction of sp³-hybridized carbons (Fsp3) is 0.316. The standard InChI is InChI=1S/C19H22ClFN2O2/c1-3-23(13-14-7-8-18(25-2)17(21)11-14)10-9-19(24)22-16-6-4-5-15(20)12-16/h4-8,11-12H,3,9-10,13H2,1-2H3,(H,22,24). The number of ether oxygens (including phenoxy) is 1. The molecular formula is C19H22ClFN2O2. The molecule has 134 valence electrons. The number of nitrogens with zero attached hydrogens (tertiary/aromatic N) is 1. The van der Waals surface area contributed by atoms with E-state index in [1.807, 2.05) is 13.0 Å². The van der Waals surface area contributed by atoms with Gasteiger partial charge >= 0.3 is 0 Å². The molecule has 25 heavy (non-hydrogen) atoms. The maximum atomic E-state index is 13.8. The second-order valence-electron chi connectivity index (χ2n) is 5.65. The molecule has 1 N–H and O–H groups in total. The Bertz CT molecular complexity index is 724. The summed E-state index contributed by atoms with van der Waals surface area (Å²) in [5.74, 6) is -0.232. The highest BCUT2D eigenvalue weighted by Crippen LogP contribution is 2.19. The van der Waals surface area contributed by atoms with Crippen molar-refractivity contribution in [1.29, 1.82) is 0 Å². The van der Waals surface area contributed by atoms with Crippen LogP contribution in [-0.4, -0.2) is 31.0 Å². The second kappa shape index (κ2) is 9.39. The number of carbonyl (C=O) groups is 1. The molecule has 2 aromatic rings. The van der Waals surface area contributed by atoms with Gasteiger partial charge in [0.1, 0.15) is 0 Å². The molecule has 0 saturated carbocycles. The topological polar surface area (TPSA) is 41.6 Å². The van der Waals surface area contributed by atoms with Gasteiger partial charge in [-0.1, -0.05) is 30.7 Å². The number of benzene rings is 2. The number of hydrogen-bond donors (Lipinski definition) is 1. The summed E-state index contributed by atoms with van der Waals surface area (Å²) in [4.78, 5) is 14.2. The van der Waals surface area contributed by atoms with Crippen LogP contribution in [-0.2, 0) is 11.3 Å². The van der Waals surface area contributed by atoms with Crippen molar-refractivity contribution in [3.05, 3.63) is 58.9 Å². The van der Waals surface area contributed by atoms with Crippen LogP contribution in [0.3, 0.4) is 0 Å². The van der Waals surface area contributed by atoms with Crippen LogP contribution < -0.4 is 10.1 Å². The number of halogens is 2. The highest BCUT2D eigenvalue weighted by molar-refractivity contribution is 6.30. The van der Waals surface area contributed by atoms with Crippen molar-refractivity contribution in [3.8, 4) is 5.75 Å². The molecule has 0 spiro atoms. The monoisotopic (exact) mass is 364 g/mol. The summed E-state index contributed by atoms with van der Waals surface area (Å²) in [6, 6.07) is 12.0. The molecule has 0 aliphatic rings. The van der Waals surface area contributed by atoms with Gasteiger partial charge in [0, 0.05) is 30.2 Å². The average Bonchev–Trinajstić information content (AvgIpc) is 2.58. The third-order valence-electron chi connectivity index (χ3n) is 3.83. The van der Waals surface area contributed by atoms with Crippen molar-refractivity contribution in [3.63, 3.8) is 0 Å². The van der Waals surface area contributed by atoms with E-state index < -0.39 is 0 Å². The van der Waals surface area contributed by atoms with Gasteiger partial charge in [-0.3, -0.25) is 9.69 Å². The summed E-state index contributed by atoms with van der Waals surface area (Å²) >= 11 is 5.90. The number of carbonyl (C=O) groups excluding carboxylic acids is 1. The van der Waals surface area contributed by atoms with Crippen molar-refractivity contribution in [2.45, 2.75) is 19.9 Å². The minimum Gasteiger partial charge on any atom is -0.494 e. The van der Waals surface area contributed by atoms with Gasteiger partial charge < -0.3 is 10.1 Å². The second-order valence-corrected chi connectivity index (χ2v) is 6.08. The minimum absolute atomic E-state index is 0.0818. The van der Waals surface area contributed by atoms with E-state index in [-0.39, 0.29) is 17.5 Å². The zero-order valence-electron chi connectivity index (χ0n) is 14.4. The quantitative estimate of drug-likeness (QED) is 0.757. The lowest BCUT2D eigenvalue weighted by Gasteiger charge is -2.20. The Hall–Kier alpha value is -2.11. The van der Waals surface area contributed by atoms with E-state index >= 15 is 0 Å². The maximum Gasteiger partial charge on any atom is 0.225 e. The van der Waals surface area contributed by atoms with Gasteiger partial charge in [-0.05, 0) is 42.4 Å². The molecule has 0 aromatic heterocycles. The number of amides is 1. The van der Waals surface area contributed by atoms with Crippen LogP contribution in [0.15, 0.2) is 42.5 Å². The van der Waals surface area contributed by atoms with E-state index in [4.69, 9.17) is 16.3 Å². The van der Waals surface area contributed by atoms with Crippen molar-refractivity contribution in [2.24, 2.45) is 0 Å². The van der Waals surface area contributed by atoms with Crippen molar-refractivity contribution in [1.82, 2.24) is 4.90 Å². The normalized spacial score (nSPS) is 10.8. The molecule has 4 nitrogen and oxygen atoms in total. The van der Waals surface area contributed by atoms with Gasteiger partial charge in [0.05, 0.1) is 7.11 Å². The number of anilines is 1. The Kier molecular flexibility index (Phi) is 7.22. The SMILES string of the molecule is CCN(CCC(=O)Nc1cccc(Cl)c1)Cc1ccc(OC)c(F)c1. The first-order valence-corrected chi connectivity index (χ1v) is 8.49. The lowest BCUT2D eigenvalue weighted by Crippen LogP contribution is -2.27. The van der Waals surface area contributed by atoms with Gasteiger partial charge in [0.25, 0.3) is 0 Å². The van der Waals surface area contributed by atoms with Crippen LogP contribution >= 0.6 is 11.6 Å². The number of rotatable bonds is 8. The molecule has 0 bridgehead atoms. The molecule has 0 aliphatic carbocycles.